The maximum Gasteiger partial charge on any atom is 0.321 e. The van der Waals surface area contributed by atoms with Crippen molar-refractivity contribution in [2.75, 3.05) is 23.7 Å². The zero-order valence-corrected chi connectivity index (χ0v) is 9.86. The van der Waals surface area contributed by atoms with E-state index in [0.717, 1.165) is 12.1 Å². The molecular formula is C12H19N3O. The van der Waals surface area contributed by atoms with Gasteiger partial charge in [0.2, 0.25) is 0 Å². The van der Waals surface area contributed by atoms with Crippen LogP contribution in [0.15, 0.2) is 24.3 Å². The van der Waals surface area contributed by atoms with Crippen molar-refractivity contribution < 1.29 is 4.79 Å². The van der Waals surface area contributed by atoms with Crippen LogP contribution in [-0.2, 0) is 0 Å². The molecule has 0 heterocycles. The van der Waals surface area contributed by atoms with Gasteiger partial charge in [-0.25, -0.2) is 4.79 Å². The number of rotatable bonds is 4. The molecule has 0 aromatic heterocycles. The van der Waals surface area contributed by atoms with Gasteiger partial charge in [-0.1, -0.05) is 13.0 Å². The molecule has 0 bridgehead atoms. The highest BCUT2D eigenvalue weighted by Gasteiger charge is 2.13. The Morgan fingerprint density at radius 1 is 1.44 bits per heavy atom. The van der Waals surface area contributed by atoms with Gasteiger partial charge in [0.15, 0.2) is 0 Å². The maximum atomic E-state index is 11.8. The van der Waals surface area contributed by atoms with Crippen molar-refractivity contribution in [2.45, 2.75) is 20.3 Å². The number of nitrogens with zero attached hydrogens (tertiary/aromatic N) is 1. The summed E-state index contributed by atoms with van der Waals surface area (Å²) >= 11 is 0. The van der Waals surface area contributed by atoms with Crippen LogP contribution in [0.3, 0.4) is 0 Å². The topological polar surface area (TPSA) is 58.4 Å². The number of hydrogen-bond acceptors (Lipinski definition) is 2. The van der Waals surface area contributed by atoms with Crippen molar-refractivity contribution in [2.24, 2.45) is 0 Å². The van der Waals surface area contributed by atoms with Crippen molar-refractivity contribution in [3.63, 3.8) is 0 Å². The molecule has 0 aliphatic heterocycles. The Kier molecular flexibility index (Phi) is 4.64. The average Bonchev–Trinajstić information content (AvgIpc) is 2.26. The first-order chi connectivity index (χ1) is 7.69. The van der Waals surface area contributed by atoms with Crippen LogP contribution in [0.4, 0.5) is 16.2 Å². The fourth-order valence-electron chi connectivity index (χ4n) is 1.51. The molecule has 0 saturated heterocycles. The van der Waals surface area contributed by atoms with E-state index >= 15 is 0 Å². The predicted octanol–water partition coefficient (Wildman–Crippen LogP) is 2.21. The number of carbonyl (C=O) groups excluding carboxylic acids is 1. The first-order valence-corrected chi connectivity index (χ1v) is 5.60. The average molecular weight is 221 g/mol. The van der Waals surface area contributed by atoms with E-state index in [4.69, 9.17) is 5.73 Å². The van der Waals surface area contributed by atoms with Crippen LogP contribution < -0.4 is 16.0 Å². The number of nitrogens with two attached hydrogens (primary N) is 1. The second-order valence-electron chi connectivity index (χ2n) is 3.58. The quantitative estimate of drug-likeness (QED) is 0.766. The summed E-state index contributed by atoms with van der Waals surface area (Å²) in [5.74, 6) is 0. The van der Waals surface area contributed by atoms with Crippen LogP contribution in [0.5, 0.6) is 0 Å². The SMILES string of the molecule is CCCN(C(=O)NCC)c1cccc(N)c1. The normalized spacial score (nSPS) is 9.88. The third-order valence-corrected chi connectivity index (χ3v) is 2.20. The molecule has 16 heavy (non-hydrogen) atoms. The number of nitrogen functional groups attached to an aromatic ring is 1. The molecule has 1 aromatic carbocycles. The van der Waals surface area contributed by atoms with Gasteiger partial charge >= 0.3 is 6.03 Å². The van der Waals surface area contributed by atoms with Crippen LogP contribution >= 0.6 is 0 Å². The minimum absolute atomic E-state index is 0.0741. The second-order valence-corrected chi connectivity index (χ2v) is 3.58. The van der Waals surface area contributed by atoms with E-state index in [1.54, 1.807) is 4.90 Å². The molecule has 0 saturated carbocycles. The maximum absolute atomic E-state index is 11.8. The number of amides is 2. The summed E-state index contributed by atoms with van der Waals surface area (Å²) in [6.07, 6.45) is 0.909. The van der Waals surface area contributed by atoms with Gasteiger partial charge in [0.25, 0.3) is 0 Å². The standard InChI is InChI=1S/C12H19N3O/c1-3-8-15(12(16)14-4-2)11-7-5-6-10(13)9-11/h5-7,9H,3-4,8,13H2,1-2H3,(H,14,16). The molecule has 2 amide bonds. The van der Waals surface area contributed by atoms with Crippen LogP contribution in [0.1, 0.15) is 20.3 Å². The van der Waals surface area contributed by atoms with Crippen LogP contribution in [-0.4, -0.2) is 19.1 Å². The molecule has 0 atom stereocenters. The zero-order chi connectivity index (χ0) is 12.0. The van der Waals surface area contributed by atoms with Crippen molar-refractivity contribution in [3.8, 4) is 0 Å². The molecule has 3 N–H and O–H groups in total. The van der Waals surface area contributed by atoms with Crippen molar-refractivity contribution in [1.29, 1.82) is 0 Å². The predicted molar refractivity (Wildman–Crippen MR) is 67.6 cm³/mol. The summed E-state index contributed by atoms with van der Waals surface area (Å²) in [4.78, 5) is 13.5. The van der Waals surface area contributed by atoms with E-state index in [1.165, 1.54) is 0 Å². The molecule has 0 fully saturated rings. The molecule has 1 rings (SSSR count). The van der Waals surface area contributed by atoms with E-state index < -0.39 is 0 Å². The molecule has 88 valence electrons. The van der Waals surface area contributed by atoms with Gasteiger partial charge in [0, 0.05) is 24.5 Å². The van der Waals surface area contributed by atoms with E-state index in [9.17, 15) is 4.79 Å². The summed E-state index contributed by atoms with van der Waals surface area (Å²) in [6.45, 7) is 5.26. The number of nitrogens with one attached hydrogen (secondary N) is 1. The van der Waals surface area contributed by atoms with Gasteiger partial charge in [0.1, 0.15) is 0 Å². The minimum atomic E-state index is -0.0741. The van der Waals surface area contributed by atoms with Crippen LogP contribution in [0.2, 0.25) is 0 Å². The van der Waals surface area contributed by atoms with Crippen molar-refractivity contribution in [3.05, 3.63) is 24.3 Å². The van der Waals surface area contributed by atoms with Gasteiger partial charge in [-0.2, -0.15) is 0 Å². The lowest BCUT2D eigenvalue weighted by molar-refractivity contribution is 0.247. The summed E-state index contributed by atoms with van der Waals surface area (Å²) < 4.78 is 0. The highest BCUT2D eigenvalue weighted by atomic mass is 16.2. The van der Waals surface area contributed by atoms with Gasteiger partial charge in [-0.3, -0.25) is 4.90 Å². The summed E-state index contributed by atoms with van der Waals surface area (Å²) in [5, 5.41) is 2.79. The zero-order valence-electron chi connectivity index (χ0n) is 9.86. The summed E-state index contributed by atoms with van der Waals surface area (Å²) in [7, 11) is 0. The number of benzene rings is 1. The van der Waals surface area contributed by atoms with Gasteiger partial charge in [-0.05, 0) is 31.5 Å². The Morgan fingerprint density at radius 3 is 2.75 bits per heavy atom. The van der Waals surface area contributed by atoms with Crippen LogP contribution in [0, 0.1) is 0 Å². The summed E-state index contributed by atoms with van der Waals surface area (Å²) in [5.41, 5.74) is 7.22. The highest BCUT2D eigenvalue weighted by molar-refractivity contribution is 5.92. The lowest BCUT2D eigenvalue weighted by Gasteiger charge is -2.22. The molecule has 0 radical (unpaired) electrons. The summed E-state index contributed by atoms with van der Waals surface area (Å²) in [6, 6.07) is 7.29. The molecule has 0 spiro atoms. The first kappa shape index (κ1) is 12.4. The number of hydrogen-bond donors (Lipinski definition) is 2. The molecule has 4 heteroatoms. The lowest BCUT2D eigenvalue weighted by atomic mass is 10.2. The fraction of sp³-hybridized carbons (Fsp3) is 0.417. The van der Waals surface area contributed by atoms with Crippen LogP contribution in [0.25, 0.3) is 0 Å². The Bertz CT molecular complexity index is 352. The Labute approximate surface area is 96.4 Å². The highest BCUT2D eigenvalue weighted by Crippen LogP contribution is 2.17. The lowest BCUT2D eigenvalue weighted by Crippen LogP contribution is -2.40. The van der Waals surface area contributed by atoms with E-state index in [-0.39, 0.29) is 6.03 Å². The van der Waals surface area contributed by atoms with Crippen molar-refractivity contribution in [1.82, 2.24) is 5.32 Å². The third-order valence-electron chi connectivity index (χ3n) is 2.20. The van der Waals surface area contributed by atoms with E-state index in [2.05, 4.69) is 5.32 Å². The number of anilines is 2. The number of urea groups is 1. The molecule has 4 nitrogen and oxygen atoms in total. The molecule has 0 aliphatic rings. The Morgan fingerprint density at radius 2 is 2.19 bits per heavy atom. The third kappa shape index (κ3) is 3.15. The molecular weight excluding hydrogens is 202 g/mol. The van der Waals surface area contributed by atoms with Gasteiger partial charge in [-0.15, -0.1) is 0 Å². The molecule has 0 aliphatic carbocycles. The number of carbonyl (C=O) groups is 1. The molecule has 1 aromatic rings. The Balaban J connectivity index is 2.88. The van der Waals surface area contributed by atoms with E-state index in [1.807, 2.05) is 38.1 Å². The van der Waals surface area contributed by atoms with Gasteiger partial charge in [0.05, 0.1) is 0 Å². The largest absolute Gasteiger partial charge is 0.399 e. The smallest absolute Gasteiger partial charge is 0.321 e. The fourth-order valence-corrected chi connectivity index (χ4v) is 1.51. The van der Waals surface area contributed by atoms with Crippen molar-refractivity contribution >= 4 is 17.4 Å². The second kappa shape index (κ2) is 6.00. The minimum Gasteiger partial charge on any atom is -0.399 e. The molecule has 0 unspecified atom stereocenters. The monoisotopic (exact) mass is 221 g/mol. The van der Waals surface area contributed by atoms with Gasteiger partial charge < -0.3 is 11.1 Å². The first-order valence-electron chi connectivity index (χ1n) is 5.60. The van der Waals surface area contributed by atoms with E-state index in [0.29, 0.717) is 18.8 Å². The Hall–Kier alpha value is -1.71.